The average molecular weight is 261 g/mol. The Labute approximate surface area is 111 Å². The lowest BCUT2D eigenvalue weighted by Gasteiger charge is -2.11. The normalized spacial score (nSPS) is 10.2. The predicted molar refractivity (Wildman–Crippen MR) is 69.7 cm³/mol. The first-order valence-electron chi connectivity index (χ1n) is 6.09. The lowest BCUT2D eigenvalue weighted by atomic mass is 10.2. The lowest BCUT2D eigenvalue weighted by molar-refractivity contribution is 0.111. The van der Waals surface area contributed by atoms with Crippen molar-refractivity contribution in [3.8, 4) is 23.0 Å². The number of aldehydes is 1. The van der Waals surface area contributed by atoms with Crippen molar-refractivity contribution in [2.24, 2.45) is 0 Å². The molecule has 0 fully saturated rings. The molecule has 0 aliphatic rings. The molecule has 0 bridgehead atoms. The molecular weight excluding hydrogens is 246 g/mol. The number of nitrogens with zero attached hydrogens (tertiary/aromatic N) is 1. The maximum absolute atomic E-state index is 10.6. The fourth-order valence-electron chi connectivity index (χ4n) is 1.66. The molecule has 0 aliphatic carbocycles. The van der Waals surface area contributed by atoms with Crippen LogP contribution in [0.2, 0.25) is 0 Å². The second kappa shape index (κ2) is 6.04. The number of ether oxygens (including phenoxy) is 2. The summed E-state index contributed by atoms with van der Waals surface area (Å²) in [6.07, 6.45) is 1.96. The molecule has 0 atom stereocenters. The van der Waals surface area contributed by atoms with Gasteiger partial charge in [0, 0.05) is 5.56 Å². The highest BCUT2D eigenvalue weighted by molar-refractivity contribution is 5.72. The summed E-state index contributed by atoms with van der Waals surface area (Å²) < 4.78 is 16.2. The molecular formula is C14H15NO4. The van der Waals surface area contributed by atoms with E-state index in [1.54, 1.807) is 12.1 Å². The summed E-state index contributed by atoms with van der Waals surface area (Å²) in [5.41, 5.74) is 1.00. The van der Waals surface area contributed by atoms with Gasteiger partial charge in [-0.2, -0.15) is 0 Å². The highest BCUT2D eigenvalue weighted by Gasteiger charge is 2.11. The van der Waals surface area contributed by atoms with Crippen LogP contribution in [0.15, 0.2) is 28.9 Å². The Morgan fingerprint density at radius 1 is 1.21 bits per heavy atom. The van der Waals surface area contributed by atoms with Crippen molar-refractivity contribution in [1.82, 2.24) is 4.98 Å². The van der Waals surface area contributed by atoms with Crippen LogP contribution in [-0.4, -0.2) is 24.5 Å². The first-order valence-corrected chi connectivity index (χ1v) is 6.09. The van der Waals surface area contributed by atoms with Gasteiger partial charge in [0.1, 0.15) is 12.0 Å². The van der Waals surface area contributed by atoms with Gasteiger partial charge in [-0.3, -0.25) is 4.79 Å². The fourth-order valence-corrected chi connectivity index (χ4v) is 1.66. The van der Waals surface area contributed by atoms with Gasteiger partial charge >= 0.3 is 0 Å². The van der Waals surface area contributed by atoms with Gasteiger partial charge in [-0.1, -0.05) is 0 Å². The summed E-state index contributed by atoms with van der Waals surface area (Å²) in [6.45, 7) is 4.91. The zero-order valence-electron chi connectivity index (χ0n) is 10.9. The first-order chi connectivity index (χ1) is 9.28. The number of benzene rings is 1. The SMILES string of the molecule is CCOc1ccc(-c2nc(C=O)co2)cc1OCC. The van der Waals surface area contributed by atoms with Crippen LogP contribution in [0.1, 0.15) is 24.3 Å². The zero-order valence-corrected chi connectivity index (χ0v) is 10.9. The van der Waals surface area contributed by atoms with Gasteiger partial charge in [-0.15, -0.1) is 0 Å². The molecule has 0 unspecified atom stereocenters. The molecule has 0 saturated carbocycles. The molecule has 0 spiro atoms. The largest absolute Gasteiger partial charge is 0.490 e. The molecule has 1 heterocycles. The summed E-state index contributed by atoms with van der Waals surface area (Å²) in [5.74, 6) is 1.69. The number of hydrogen-bond donors (Lipinski definition) is 0. The number of carbonyl (C=O) groups is 1. The monoisotopic (exact) mass is 261 g/mol. The molecule has 2 aromatic rings. The van der Waals surface area contributed by atoms with E-state index in [-0.39, 0.29) is 5.69 Å². The van der Waals surface area contributed by atoms with Crippen molar-refractivity contribution in [2.45, 2.75) is 13.8 Å². The summed E-state index contributed by atoms with van der Waals surface area (Å²) in [7, 11) is 0. The third-order valence-corrected chi connectivity index (χ3v) is 2.43. The highest BCUT2D eigenvalue weighted by Crippen LogP contribution is 2.32. The number of hydrogen-bond acceptors (Lipinski definition) is 5. The van der Waals surface area contributed by atoms with E-state index in [0.29, 0.717) is 36.9 Å². The summed E-state index contributed by atoms with van der Waals surface area (Å²) in [4.78, 5) is 14.6. The minimum Gasteiger partial charge on any atom is -0.490 e. The van der Waals surface area contributed by atoms with Crippen molar-refractivity contribution in [3.05, 3.63) is 30.2 Å². The highest BCUT2D eigenvalue weighted by atomic mass is 16.5. The molecule has 1 aromatic carbocycles. The van der Waals surface area contributed by atoms with Crippen molar-refractivity contribution in [2.75, 3.05) is 13.2 Å². The summed E-state index contributed by atoms with van der Waals surface area (Å²) >= 11 is 0. The van der Waals surface area contributed by atoms with Gasteiger partial charge in [-0.25, -0.2) is 4.98 Å². The van der Waals surface area contributed by atoms with Crippen LogP contribution in [0.5, 0.6) is 11.5 Å². The number of carbonyl (C=O) groups excluding carboxylic acids is 1. The third-order valence-electron chi connectivity index (χ3n) is 2.43. The quantitative estimate of drug-likeness (QED) is 0.748. The Hall–Kier alpha value is -2.30. The molecule has 1 aromatic heterocycles. The van der Waals surface area contributed by atoms with Crippen molar-refractivity contribution in [1.29, 1.82) is 0 Å². The van der Waals surface area contributed by atoms with Crippen LogP contribution in [0, 0.1) is 0 Å². The molecule has 2 rings (SSSR count). The molecule has 19 heavy (non-hydrogen) atoms. The molecule has 5 heteroatoms. The molecule has 0 N–H and O–H groups in total. The number of rotatable bonds is 6. The maximum Gasteiger partial charge on any atom is 0.226 e. The zero-order chi connectivity index (χ0) is 13.7. The van der Waals surface area contributed by atoms with Gasteiger partial charge < -0.3 is 13.9 Å². The van der Waals surface area contributed by atoms with E-state index >= 15 is 0 Å². The van der Waals surface area contributed by atoms with Crippen molar-refractivity contribution < 1.29 is 18.7 Å². The van der Waals surface area contributed by atoms with Gasteiger partial charge in [0.2, 0.25) is 5.89 Å². The van der Waals surface area contributed by atoms with Crippen LogP contribution < -0.4 is 9.47 Å². The predicted octanol–water partition coefficient (Wildman–Crippen LogP) is 2.95. The summed E-state index contributed by atoms with van der Waals surface area (Å²) in [6, 6.07) is 5.40. The Morgan fingerprint density at radius 2 is 1.95 bits per heavy atom. The van der Waals surface area contributed by atoms with E-state index in [1.807, 2.05) is 19.9 Å². The summed E-state index contributed by atoms with van der Waals surface area (Å²) in [5, 5.41) is 0. The van der Waals surface area contributed by atoms with Crippen LogP contribution in [0.3, 0.4) is 0 Å². The van der Waals surface area contributed by atoms with E-state index in [1.165, 1.54) is 6.26 Å². The number of oxazole rings is 1. The van der Waals surface area contributed by atoms with Crippen LogP contribution in [0.4, 0.5) is 0 Å². The first kappa shape index (κ1) is 13.1. The van der Waals surface area contributed by atoms with Gasteiger partial charge in [0.15, 0.2) is 17.8 Å². The van der Waals surface area contributed by atoms with Crippen molar-refractivity contribution in [3.63, 3.8) is 0 Å². The minimum atomic E-state index is 0.266. The second-order valence-corrected chi connectivity index (χ2v) is 3.72. The van der Waals surface area contributed by atoms with Crippen LogP contribution in [0.25, 0.3) is 11.5 Å². The molecule has 0 aliphatic heterocycles. The van der Waals surface area contributed by atoms with Crippen LogP contribution in [-0.2, 0) is 0 Å². The Balaban J connectivity index is 2.36. The second-order valence-electron chi connectivity index (χ2n) is 3.72. The molecule has 0 amide bonds. The fraction of sp³-hybridized carbons (Fsp3) is 0.286. The Kier molecular flexibility index (Phi) is 4.18. The molecule has 100 valence electrons. The van der Waals surface area contributed by atoms with Gasteiger partial charge in [0.25, 0.3) is 0 Å². The van der Waals surface area contributed by atoms with E-state index < -0.39 is 0 Å². The smallest absolute Gasteiger partial charge is 0.226 e. The minimum absolute atomic E-state index is 0.266. The van der Waals surface area contributed by atoms with Crippen molar-refractivity contribution >= 4 is 6.29 Å². The third kappa shape index (κ3) is 2.93. The number of aromatic nitrogens is 1. The maximum atomic E-state index is 10.6. The van der Waals surface area contributed by atoms with E-state index in [9.17, 15) is 4.79 Å². The van der Waals surface area contributed by atoms with Crippen LogP contribution >= 0.6 is 0 Å². The van der Waals surface area contributed by atoms with Gasteiger partial charge in [0.05, 0.1) is 13.2 Å². The van der Waals surface area contributed by atoms with E-state index in [0.717, 1.165) is 5.56 Å². The topological polar surface area (TPSA) is 61.6 Å². The standard InChI is InChI=1S/C14H15NO4/c1-3-17-12-6-5-10(7-13(12)18-4-2)14-15-11(8-16)9-19-14/h5-9H,3-4H2,1-2H3. The van der Waals surface area contributed by atoms with Gasteiger partial charge in [-0.05, 0) is 32.0 Å². The molecule has 0 saturated heterocycles. The average Bonchev–Trinajstić information content (AvgIpc) is 2.90. The van der Waals surface area contributed by atoms with E-state index in [2.05, 4.69) is 4.98 Å². The van der Waals surface area contributed by atoms with E-state index in [4.69, 9.17) is 13.9 Å². The molecule has 0 radical (unpaired) electrons. The lowest BCUT2D eigenvalue weighted by Crippen LogP contribution is -1.98. The Morgan fingerprint density at radius 3 is 2.58 bits per heavy atom. The molecule has 5 nitrogen and oxygen atoms in total. The Bertz CT molecular complexity index is 562.